The summed E-state index contributed by atoms with van der Waals surface area (Å²) in [7, 11) is 0. The molecule has 1 heterocycles. The molecule has 0 bridgehead atoms. The maximum absolute atomic E-state index is 13.1. The van der Waals surface area contributed by atoms with E-state index in [1.807, 2.05) is 30.3 Å². The molecule has 2 aromatic rings. The molecule has 0 spiro atoms. The third-order valence-electron chi connectivity index (χ3n) is 4.40. The van der Waals surface area contributed by atoms with E-state index < -0.39 is 17.5 Å². The minimum atomic E-state index is -1.18. The molecule has 2 aromatic carbocycles. The minimum absolute atomic E-state index is 0.149. The van der Waals surface area contributed by atoms with Gasteiger partial charge in [-0.05, 0) is 31.2 Å². The highest BCUT2D eigenvalue weighted by molar-refractivity contribution is 5.78. The van der Waals surface area contributed by atoms with E-state index >= 15 is 0 Å². The van der Waals surface area contributed by atoms with Crippen molar-refractivity contribution in [3.63, 3.8) is 0 Å². The number of aliphatic hydroxyl groups is 1. The second-order valence-electron chi connectivity index (χ2n) is 6.63. The average molecular weight is 359 g/mol. The van der Waals surface area contributed by atoms with Crippen molar-refractivity contribution in [1.29, 1.82) is 0 Å². The molecule has 6 heteroatoms. The minimum Gasteiger partial charge on any atom is -0.487 e. The second kappa shape index (κ2) is 7.74. The number of carbonyl (C=O) groups excluding carboxylic acids is 1. The van der Waals surface area contributed by atoms with Gasteiger partial charge in [-0.2, -0.15) is 0 Å². The monoisotopic (exact) mass is 359 g/mol. The molecule has 0 aromatic heterocycles. The van der Waals surface area contributed by atoms with Crippen LogP contribution in [0.15, 0.2) is 54.6 Å². The number of benzene rings is 2. The molecule has 26 heavy (non-hydrogen) atoms. The van der Waals surface area contributed by atoms with Crippen molar-refractivity contribution in [2.45, 2.75) is 25.0 Å². The zero-order valence-corrected chi connectivity index (χ0v) is 14.6. The van der Waals surface area contributed by atoms with E-state index in [4.69, 9.17) is 9.47 Å². The molecule has 0 radical (unpaired) electrons. The van der Waals surface area contributed by atoms with Gasteiger partial charge in [-0.15, -0.1) is 0 Å². The van der Waals surface area contributed by atoms with Gasteiger partial charge in [0.2, 0.25) is 0 Å². The molecule has 1 saturated heterocycles. The maximum atomic E-state index is 13.1. The van der Waals surface area contributed by atoms with Crippen LogP contribution < -0.4 is 9.47 Å². The number of halogens is 1. The molecule has 0 unspecified atom stereocenters. The zero-order valence-electron chi connectivity index (χ0n) is 14.6. The highest BCUT2D eigenvalue weighted by atomic mass is 19.1. The van der Waals surface area contributed by atoms with Gasteiger partial charge in [-0.3, -0.25) is 4.79 Å². The van der Waals surface area contributed by atoms with Crippen LogP contribution in [-0.4, -0.2) is 47.3 Å². The fraction of sp³-hybridized carbons (Fsp3) is 0.350. The summed E-state index contributed by atoms with van der Waals surface area (Å²) in [5, 5.41) is 10.7. The van der Waals surface area contributed by atoms with Crippen LogP contribution in [0.2, 0.25) is 0 Å². The highest BCUT2D eigenvalue weighted by Crippen LogP contribution is 2.26. The highest BCUT2D eigenvalue weighted by Gasteiger charge is 2.41. The standard InChI is InChI=1S/C20H22FNO4/c1-20(24)14-22(11-10-18(20)26-16-7-3-2-4-8-16)19(23)13-25-17-9-5-6-15(21)12-17/h2-9,12,18,24H,10-11,13-14H2,1H3/t18-,20-/m0/s1. The van der Waals surface area contributed by atoms with Gasteiger partial charge < -0.3 is 19.5 Å². The molecule has 1 fully saturated rings. The number of likely N-dealkylation sites (tertiary alicyclic amines) is 1. The Bertz CT molecular complexity index is 750. The number of amides is 1. The Kier molecular flexibility index (Phi) is 5.42. The fourth-order valence-corrected chi connectivity index (χ4v) is 3.01. The van der Waals surface area contributed by atoms with Crippen LogP contribution in [0.25, 0.3) is 0 Å². The van der Waals surface area contributed by atoms with Gasteiger partial charge in [0, 0.05) is 19.0 Å². The summed E-state index contributed by atoms with van der Waals surface area (Å²) in [5.41, 5.74) is -1.18. The number of hydrogen-bond donors (Lipinski definition) is 1. The number of carbonyl (C=O) groups is 1. The lowest BCUT2D eigenvalue weighted by atomic mass is 9.91. The SMILES string of the molecule is C[C@]1(O)CN(C(=O)COc2cccc(F)c2)CC[C@@H]1Oc1ccccc1. The normalized spacial score (nSPS) is 22.7. The van der Waals surface area contributed by atoms with Crippen molar-refractivity contribution in [3.8, 4) is 11.5 Å². The molecule has 138 valence electrons. The smallest absolute Gasteiger partial charge is 0.260 e. The Morgan fingerprint density at radius 2 is 1.96 bits per heavy atom. The zero-order chi connectivity index (χ0) is 18.6. The van der Waals surface area contributed by atoms with Crippen molar-refractivity contribution in [1.82, 2.24) is 4.90 Å². The third-order valence-corrected chi connectivity index (χ3v) is 4.40. The predicted octanol–water partition coefficient (Wildman–Crippen LogP) is 2.64. The summed E-state index contributed by atoms with van der Waals surface area (Å²) in [6, 6.07) is 14.9. The molecule has 0 aliphatic carbocycles. The van der Waals surface area contributed by atoms with Crippen molar-refractivity contribution in [3.05, 3.63) is 60.4 Å². The Morgan fingerprint density at radius 1 is 1.23 bits per heavy atom. The summed E-state index contributed by atoms with van der Waals surface area (Å²) in [4.78, 5) is 13.9. The Hall–Kier alpha value is -2.60. The number of ether oxygens (including phenoxy) is 2. The van der Waals surface area contributed by atoms with E-state index in [1.54, 1.807) is 17.9 Å². The Morgan fingerprint density at radius 3 is 2.65 bits per heavy atom. The van der Waals surface area contributed by atoms with Crippen LogP contribution in [0.3, 0.4) is 0 Å². The van der Waals surface area contributed by atoms with Gasteiger partial charge in [-0.1, -0.05) is 24.3 Å². The Balaban J connectivity index is 1.55. The van der Waals surface area contributed by atoms with E-state index in [9.17, 15) is 14.3 Å². The van der Waals surface area contributed by atoms with Crippen LogP contribution in [0.5, 0.6) is 11.5 Å². The summed E-state index contributed by atoms with van der Waals surface area (Å²) in [6.45, 7) is 2.06. The van der Waals surface area contributed by atoms with E-state index in [0.717, 1.165) is 0 Å². The number of hydrogen-bond acceptors (Lipinski definition) is 4. The lowest BCUT2D eigenvalue weighted by Crippen LogP contribution is -2.59. The second-order valence-corrected chi connectivity index (χ2v) is 6.63. The van der Waals surface area contributed by atoms with Crippen molar-refractivity contribution in [2.24, 2.45) is 0 Å². The van der Waals surface area contributed by atoms with E-state index in [1.165, 1.54) is 18.2 Å². The molecule has 3 rings (SSSR count). The summed E-state index contributed by atoms with van der Waals surface area (Å²) in [5.74, 6) is 0.309. The number of nitrogens with zero attached hydrogens (tertiary/aromatic N) is 1. The quantitative estimate of drug-likeness (QED) is 0.892. The number of piperidine rings is 1. The van der Waals surface area contributed by atoms with Gasteiger partial charge >= 0.3 is 0 Å². The molecule has 2 atom stereocenters. The Labute approximate surface area is 152 Å². The molecule has 0 saturated carbocycles. The molecule has 1 N–H and O–H groups in total. The van der Waals surface area contributed by atoms with Crippen molar-refractivity contribution in [2.75, 3.05) is 19.7 Å². The van der Waals surface area contributed by atoms with Gasteiger partial charge in [0.15, 0.2) is 6.61 Å². The summed E-state index contributed by atoms with van der Waals surface area (Å²) < 4.78 is 24.4. The van der Waals surface area contributed by atoms with E-state index in [-0.39, 0.29) is 19.1 Å². The topological polar surface area (TPSA) is 59.0 Å². The fourth-order valence-electron chi connectivity index (χ4n) is 3.01. The van der Waals surface area contributed by atoms with Crippen molar-refractivity contribution < 1.29 is 23.8 Å². The van der Waals surface area contributed by atoms with E-state index in [2.05, 4.69) is 0 Å². The van der Waals surface area contributed by atoms with Crippen molar-refractivity contribution >= 4 is 5.91 Å². The summed E-state index contributed by atoms with van der Waals surface area (Å²) >= 11 is 0. The molecule has 1 aliphatic rings. The van der Waals surface area contributed by atoms with Gasteiger partial charge in [-0.25, -0.2) is 4.39 Å². The summed E-state index contributed by atoms with van der Waals surface area (Å²) in [6.07, 6.45) is 0.103. The number of β-amino-alcohol motifs (C(OH)–C–C–N with tert-alkyl or cyclic N) is 1. The molecule has 5 nitrogen and oxygen atoms in total. The van der Waals surface area contributed by atoms with Gasteiger partial charge in [0.1, 0.15) is 29.0 Å². The first-order valence-corrected chi connectivity index (χ1v) is 8.54. The largest absolute Gasteiger partial charge is 0.487 e. The first kappa shape index (κ1) is 18.2. The van der Waals surface area contributed by atoms with Crippen LogP contribution in [0, 0.1) is 5.82 Å². The molecule has 1 aliphatic heterocycles. The first-order chi connectivity index (χ1) is 12.4. The molecular weight excluding hydrogens is 337 g/mol. The lowest BCUT2D eigenvalue weighted by Gasteiger charge is -2.42. The number of rotatable bonds is 5. The molecular formula is C20H22FNO4. The van der Waals surface area contributed by atoms with Gasteiger partial charge in [0.05, 0.1) is 6.54 Å². The first-order valence-electron chi connectivity index (χ1n) is 8.54. The number of para-hydroxylation sites is 1. The van der Waals surface area contributed by atoms with Crippen LogP contribution >= 0.6 is 0 Å². The van der Waals surface area contributed by atoms with Crippen LogP contribution in [-0.2, 0) is 4.79 Å². The molecule has 1 amide bonds. The lowest BCUT2D eigenvalue weighted by molar-refractivity contribution is -0.147. The van der Waals surface area contributed by atoms with Crippen LogP contribution in [0.4, 0.5) is 4.39 Å². The van der Waals surface area contributed by atoms with Crippen LogP contribution in [0.1, 0.15) is 13.3 Å². The van der Waals surface area contributed by atoms with E-state index in [0.29, 0.717) is 24.5 Å². The third kappa shape index (κ3) is 4.52. The van der Waals surface area contributed by atoms with Gasteiger partial charge in [0.25, 0.3) is 5.91 Å². The maximum Gasteiger partial charge on any atom is 0.260 e. The average Bonchev–Trinajstić information content (AvgIpc) is 2.62. The predicted molar refractivity (Wildman–Crippen MR) is 94.6 cm³/mol.